The van der Waals surface area contributed by atoms with E-state index >= 15 is 0 Å². The molecule has 3 N–H and O–H groups in total. The number of imidazole rings is 1. The van der Waals surface area contributed by atoms with E-state index in [1.807, 2.05) is 0 Å². The molecule has 1 aromatic rings. The first-order chi connectivity index (χ1) is 2.50. The minimum absolute atomic E-state index is 0. The van der Waals surface area contributed by atoms with Crippen LogP contribution < -0.4 is 0 Å². The molecule has 0 fully saturated rings. The number of H-pyrrole nitrogens is 1. The Labute approximate surface area is 52.2 Å². The van der Waals surface area contributed by atoms with Gasteiger partial charge in [0.25, 0.3) is 0 Å². The Bertz CT molecular complexity index is 69.4. The van der Waals surface area contributed by atoms with Crippen LogP contribution in [0.2, 0.25) is 0 Å². The molecule has 0 spiro atoms. The summed E-state index contributed by atoms with van der Waals surface area (Å²) in [7, 11) is 0. The molecule has 0 aliphatic rings. The second kappa shape index (κ2) is 5.70. The Balaban J connectivity index is 0. The Kier molecular flexibility index (Phi) is 8.03. The molecule has 0 aliphatic heterocycles. The van der Waals surface area contributed by atoms with Crippen LogP contribution in [-0.4, -0.2) is 32.8 Å². The van der Waals surface area contributed by atoms with Gasteiger partial charge in [0.05, 0.1) is 6.33 Å². The minimum atomic E-state index is 0. The third kappa shape index (κ3) is 3.54. The molecule has 3 nitrogen and oxygen atoms in total. The van der Waals surface area contributed by atoms with Crippen LogP contribution in [0.1, 0.15) is 0 Å². The quantitative estimate of drug-likeness (QED) is 0.408. The second-order valence-corrected chi connectivity index (χ2v) is 0.761. The minimum Gasteiger partial charge on any atom is -0.412 e. The smallest absolute Gasteiger partial charge is 0.187 e. The highest BCUT2D eigenvalue weighted by Gasteiger charge is 1.56. The number of nitrogens with zero attached hydrogens (tertiary/aromatic N) is 1. The van der Waals surface area contributed by atoms with Crippen molar-refractivity contribution in [1.82, 2.24) is 9.97 Å². The van der Waals surface area contributed by atoms with E-state index in [4.69, 9.17) is 0 Å². The van der Waals surface area contributed by atoms with Gasteiger partial charge in [0.2, 0.25) is 0 Å². The molecule has 40 valence electrons. The lowest BCUT2D eigenvalue weighted by Gasteiger charge is -1.46. The van der Waals surface area contributed by atoms with Crippen molar-refractivity contribution in [1.29, 1.82) is 0 Å². The first-order valence-corrected chi connectivity index (χ1v) is 1.43. The summed E-state index contributed by atoms with van der Waals surface area (Å²) in [6.45, 7) is 0. The maximum absolute atomic E-state index is 3.67. The van der Waals surface area contributed by atoms with Crippen molar-refractivity contribution in [2.45, 2.75) is 0 Å². The van der Waals surface area contributed by atoms with Gasteiger partial charge in [0.15, 0.2) is 17.4 Å². The van der Waals surface area contributed by atoms with Gasteiger partial charge in [-0.25, -0.2) is 4.98 Å². The fourth-order valence-electron chi connectivity index (χ4n) is 0.215. The van der Waals surface area contributed by atoms with Crippen molar-refractivity contribution in [3.05, 3.63) is 18.7 Å². The second-order valence-electron chi connectivity index (χ2n) is 0.761. The maximum Gasteiger partial charge on any atom is 0.187 e. The highest BCUT2D eigenvalue weighted by Crippen LogP contribution is 1.62. The number of aromatic nitrogens is 2. The third-order valence-corrected chi connectivity index (χ3v) is 0.406. The first kappa shape index (κ1) is 9.86. The molecule has 4 heteroatoms. The average Bonchev–Trinajstić information content (AvgIpc) is 1.76. The predicted molar refractivity (Wildman–Crippen MR) is 32.1 cm³/mol. The van der Waals surface area contributed by atoms with Crippen molar-refractivity contribution in [2.24, 2.45) is 0 Å². The molecule has 0 radical (unpaired) electrons. The monoisotopic (exact) mass is 116 g/mol. The number of nitrogens with one attached hydrogen (secondary N) is 1. The standard InChI is InChI=1S/C3H4N2.Al.H2O.3H/c1-2-5-3-4-1;;;;;/h1-3H,(H,4,5);;1H2;;;. The van der Waals surface area contributed by atoms with Crippen LogP contribution in [0.3, 0.4) is 0 Å². The van der Waals surface area contributed by atoms with Crippen LogP contribution in [0.4, 0.5) is 0 Å². The first-order valence-electron chi connectivity index (χ1n) is 1.43. The lowest BCUT2D eigenvalue weighted by atomic mass is 11.0. The molecule has 1 aromatic heterocycles. The van der Waals surface area contributed by atoms with E-state index in [1.165, 1.54) is 0 Å². The van der Waals surface area contributed by atoms with Gasteiger partial charge >= 0.3 is 0 Å². The van der Waals surface area contributed by atoms with E-state index in [9.17, 15) is 0 Å². The van der Waals surface area contributed by atoms with Gasteiger partial charge in [0, 0.05) is 12.4 Å². The summed E-state index contributed by atoms with van der Waals surface area (Å²) in [4.78, 5) is 6.42. The van der Waals surface area contributed by atoms with E-state index in [0.717, 1.165) is 0 Å². The lowest BCUT2D eigenvalue weighted by Crippen LogP contribution is -1.44. The van der Waals surface area contributed by atoms with Crippen LogP contribution in [0.15, 0.2) is 18.7 Å². The molecule has 7 heavy (non-hydrogen) atoms. The van der Waals surface area contributed by atoms with Crippen LogP contribution >= 0.6 is 0 Å². The summed E-state index contributed by atoms with van der Waals surface area (Å²) in [6.07, 6.45) is 5.08. The van der Waals surface area contributed by atoms with Gasteiger partial charge in [-0.2, -0.15) is 0 Å². The average molecular weight is 116 g/mol. The van der Waals surface area contributed by atoms with Crippen LogP contribution in [0.25, 0.3) is 0 Å². The van der Waals surface area contributed by atoms with E-state index in [-0.39, 0.29) is 22.8 Å². The molecule has 0 aromatic carbocycles. The zero-order valence-electron chi connectivity index (χ0n) is 3.18. The van der Waals surface area contributed by atoms with Gasteiger partial charge in [-0.15, -0.1) is 0 Å². The van der Waals surface area contributed by atoms with Crippen molar-refractivity contribution in [3.8, 4) is 0 Å². The predicted octanol–water partition coefficient (Wildman–Crippen LogP) is -1.60. The molecule has 1 heterocycles. The number of hydrogen-bond donors (Lipinski definition) is 1. The Hall–Kier alpha value is -0.298. The molecule has 1 rings (SSSR count). The van der Waals surface area contributed by atoms with E-state index in [2.05, 4.69) is 9.97 Å². The molecule has 0 saturated carbocycles. The largest absolute Gasteiger partial charge is 0.412 e. The lowest BCUT2D eigenvalue weighted by molar-refractivity contribution is 0.824. The van der Waals surface area contributed by atoms with Gasteiger partial charge in [-0.3, -0.25) is 0 Å². The summed E-state index contributed by atoms with van der Waals surface area (Å²) >= 11 is 0. The summed E-state index contributed by atoms with van der Waals surface area (Å²) in [5, 5.41) is 0. The summed E-state index contributed by atoms with van der Waals surface area (Å²) in [6, 6.07) is 0. The maximum atomic E-state index is 3.67. The summed E-state index contributed by atoms with van der Waals surface area (Å²) in [5.74, 6) is 0. The Morgan fingerprint density at radius 3 is 2.29 bits per heavy atom. The normalized spacial score (nSPS) is 5.71. The molecule has 0 aliphatic carbocycles. The molecule has 0 amide bonds. The Morgan fingerprint density at radius 2 is 2.14 bits per heavy atom. The highest BCUT2D eigenvalue weighted by molar-refractivity contribution is 5.75. The van der Waals surface area contributed by atoms with Crippen molar-refractivity contribution in [2.75, 3.05) is 0 Å². The summed E-state index contributed by atoms with van der Waals surface area (Å²) in [5.41, 5.74) is 0. The number of hydrogen-bond acceptors (Lipinski definition) is 1. The molecule has 0 bridgehead atoms. The molecule has 0 unspecified atom stereocenters. The van der Waals surface area contributed by atoms with E-state index < -0.39 is 0 Å². The van der Waals surface area contributed by atoms with Crippen LogP contribution in [0.5, 0.6) is 0 Å². The summed E-state index contributed by atoms with van der Waals surface area (Å²) < 4.78 is 0. The van der Waals surface area contributed by atoms with Gasteiger partial charge in [-0.1, -0.05) is 0 Å². The van der Waals surface area contributed by atoms with Crippen molar-refractivity contribution in [3.63, 3.8) is 0 Å². The van der Waals surface area contributed by atoms with E-state index in [1.54, 1.807) is 18.7 Å². The zero-order valence-corrected chi connectivity index (χ0v) is 3.18. The van der Waals surface area contributed by atoms with E-state index in [0.29, 0.717) is 0 Å². The molecular formula is C3H9AlN2O. The van der Waals surface area contributed by atoms with Crippen LogP contribution in [0, 0.1) is 0 Å². The fourth-order valence-corrected chi connectivity index (χ4v) is 0.215. The van der Waals surface area contributed by atoms with Crippen LogP contribution in [-0.2, 0) is 0 Å². The topological polar surface area (TPSA) is 60.2 Å². The van der Waals surface area contributed by atoms with Gasteiger partial charge < -0.3 is 10.5 Å². The number of aromatic amines is 1. The molecule has 0 saturated heterocycles. The molecule has 0 atom stereocenters. The van der Waals surface area contributed by atoms with Crippen molar-refractivity contribution >= 4 is 17.4 Å². The fraction of sp³-hybridized carbons (Fsp3) is 0. The molecular weight excluding hydrogens is 107 g/mol. The zero-order chi connectivity index (χ0) is 3.54. The Morgan fingerprint density at radius 1 is 1.43 bits per heavy atom. The van der Waals surface area contributed by atoms with Gasteiger partial charge in [0.1, 0.15) is 0 Å². The number of rotatable bonds is 0. The van der Waals surface area contributed by atoms with Gasteiger partial charge in [-0.05, 0) is 0 Å². The third-order valence-electron chi connectivity index (χ3n) is 0.406. The highest BCUT2D eigenvalue weighted by atomic mass is 27.0. The van der Waals surface area contributed by atoms with Crippen molar-refractivity contribution < 1.29 is 5.48 Å². The SMILES string of the molecule is O.[AlH3].c1c[nH]cn1.